The summed E-state index contributed by atoms with van der Waals surface area (Å²) in [7, 11) is 0. The Kier molecular flexibility index (Phi) is 5.32. The van der Waals surface area contributed by atoms with Gasteiger partial charge >= 0.3 is 0 Å². The highest BCUT2D eigenvalue weighted by molar-refractivity contribution is 5.94. The summed E-state index contributed by atoms with van der Waals surface area (Å²) in [5.41, 5.74) is 2.87. The fraction of sp³-hybridized carbons (Fsp3) is 0.500. The Morgan fingerprint density at radius 3 is 2.81 bits per heavy atom. The van der Waals surface area contributed by atoms with E-state index in [-0.39, 0.29) is 12.0 Å². The van der Waals surface area contributed by atoms with Gasteiger partial charge in [0.05, 0.1) is 12.3 Å². The van der Waals surface area contributed by atoms with E-state index in [2.05, 4.69) is 16.2 Å². The smallest absolute Gasteiger partial charge is 0.251 e. The average Bonchev–Trinajstić information content (AvgIpc) is 3.10. The van der Waals surface area contributed by atoms with Crippen LogP contribution in [0.15, 0.2) is 36.5 Å². The lowest BCUT2D eigenvalue weighted by atomic mass is 10.0. The number of rotatable bonds is 5. The summed E-state index contributed by atoms with van der Waals surface area (Å²) >= 11 is 0. The fourth-order valence-electron chi connectivity index (χ4n) is 3.65. The molecule has 1 amide bonds. The standard InChI is InChI=1S/C20H25N3O3/c24-20(16-4-2-1-3-5-16)21-12-18-19-17(8-11-26-18)14-23(22-19)13-15-6-9-25-10-7-15/h1-5,14-15,18H,6-13H2,(H,21,24)/t18-/m1/s1. The van der Waals surface area contributed by atoms with Gasteiger partial charge in [-0.05, 0) is 42.9 Å². The van der Waals surface area contributed by atoms with Crippen LogP contribution < -0.4 is 5.32 Å². The summed E-state index contributed by atoms with van der Waals surface area (Å²) in [6.07, 6.45) is 5.04. The van der Waals surface area contributed by atoms with Crippen molar-refractivity contribution in [2.45, 2.75) is 31.9 Å². The van der Waals surface area contributed by atoms with Gasteiger partial charge in [0.2, 0.25) is 0 Å². The Morgan fingerprint density at radius 1 is 1.19 bits per heavy atom. The molecular weight excluding hydrogens is 330 g/mol. The van der Waals surface area contributed by atoms with Gasteiger partial charge in [-0.3, -0.25) is 9.48 Å². The third kappa shape index (κ3) is 3.97. The maximum atomic E-state index is 12.3. The number of hydrogen-bond acceptors (Lipinski definition) is 4. The molecule has 2 aliphatic rings. The normalized spacial score (nSPS) is 20.5. The predicted molar refractivity (Wildman–Crippen MR) is 96.9 cm³/mol. The second-order valence-electron chi connectivity index (χ2n) is 7.00. The lowest BCUT2D eigenvalue weighted by Gasteiger charge is -2.22. The molecule has 4 rings (SSSR count). The van der Waals surface area contributed by atoms with E-state index < -0.39 is 0 Å². The van der Waals surface area contributed by atoms with E-state index in [9.17, 15) is 4.79 Å². The van der Waals surface area contributed by atoms with Gasteiger partial charge < -0.3 is 14.8 Å². The van der Waals surface area contributed by atoms with Crippen LogP contribution in [0.5, 0.6) is 0 Å². The zero-order valence-corrected chi connectivity index (χ0v) is 14.9. The van der Waals surface area contributed by atoms with Crippen LogP contribution >= 0.6 is 0 Å². The van der Waals surface area contributed by atoms with Gasteiger partial charge in [-0.1, -0.05) is 18.2 Å². The van der Waals surface area contributed by atoms with E-state index in [4.69, 9.17) is 14.6 Å². The van der Waals surface area contributed by atoms with E-state index in [1.165, 1.54) is 5.56 Å². The van der Waals surface area contributed by atoms with Crippen LogP contribution in [0.3, 0.4) is 0 Å². The molecule has 2 aromatic rings. The molecule has 138 valence electrons. The van der Waals surface area contributed by atoms with Crippen LogP contribution in [0, 0.1) is 5.92 Å². The Hall–Kier alpha value is -2.18. The van der Waals surface area contributed by atoms with Crippen LogP contribution in [0.4, 0.5) is 0 Å². The molecule has 6 heteroatoms. The monoisotopic (exact) mass is 355 g/mol. The highest BCUT2D eigenvalue weighted by Gasteiger charge is 2.26. The summed E-state index contributed by atoms with van der Waals surface area (Å²) in [6.45, 7) is 3.74. The Morgan fingerprint density at radius 2 is 2.00 bits per heavy atom. The van der Waals surface area contributed by atoms with E-state index in [0.717, 1.165) is 44.7 Å². The molecule has 1 aromatic carbocycles. The van der Waals surface area contributed by atoms with E-state index in [1.807, 2.05) is 30.3 Å². The first kappa shape index (κ1) is 17.2. The quantitative estimate of drug-likeness (QED) is 0.894. The average molecular weight is 355 g/mol. The number of benzene rings is 1. The Bertz CT molecular complexity index is 738. The number of carbonyl (C=O) groups is 1. The molecule has 0 aliphatic carbocycles. The van der Waals surface area contributed by atoms with E-state index >= 15 is 0 Å². The molecule has 3 heterocycles. The molecule has 1 N–H and O–H groups in total. The lowest BCUT2D eigenvalue weighted by Crippen LogP contribution is -2.31. The number of aromatic nitrogens is 2. The van der Waals surface area contributed by atoms with Crippen LogP contribution in [0.1, 0.15) is 40.6 Å². The van der Waals surface area contributed by atoms with Gasteiger partial charge in [-0.2, -0.15) is 5.10 Å². The molecule has 2 aliphatic heterocycles. The van der Waals surface area contributed by atoms with Crippen molar-refractivity contribution in [3.05, 3.63) is 53.3 Å². The molecule has 1 atom stereocenters. The second-order valence-corrected chi connectivity index (χ2v) is 7.00. The molecule has 26 heavy (non-hydrogen) atoms. The minimum absolute atomic E-state index is 0.0806. The van der Waals surface area contributed by atoms with Crippen molar-refractivity contribution in [2.75, 3.05) is 26.4 Å². The van der Waals surface area contributed by atoms with Crippen molar-refractivity contribution >= 4 is 5.91 Å². The van der Waals surface area contributed by atoms with Gasteiger partial charge in [0.25, 0.3) is 5.91 Å². The number of hydrogen-bond donors (Lipinski definition) is 1. The highest BCUT2D eigenvalue weighted by atomic mass is 16.5. The van der Waals surface area contributed by atoms with Crippen molar-refractivity contribution < 1.29 is 14.3 Å². The van der Waals surface area contributed by atoms with Crippen molar-refractivity contribution in [2.24, 2.45) is 5.92 Å². The first-order chi connectivity index (χ1) is 12.8. The first-order valence-electron chi connectivity index (χ1n) is 9.38. The maximum Gasteiger partial charge on any atom is 0.251 e. The highest BCUT2D eigenvalue weighted by Crippen LogP contribution is 2.26. The van der Waals surface area contributed by atoms with Crippen LogP contribution in [0.25, 0.3) is 0 Å². The number of nitrogens with one attached hydrogen (secondary N) is 1. The maximum absolute atomic E-state index is 12.3. The summed E-state index contributed by atoms with van der Waals surface area (Å²) < 4.78 is 13.4. The minimum Gasteiger partial charge on any atom is -0.381 e. The molecule has 0 bridgehead atoms. The van der Waals surface area contributed by atoms with Gasteiger partial charge in [-0.25, -0.2) is 0 Å². The number of amides is 1. The van der Waals surface area contributed by atoms with Crippen LogP contribution in [-0.4, -0.2) is 42.1 Å². The number of nitrogens with zero attached hydrogens (tertiary/aromatic N) is 2. The number of carbonyl (C=O) groups excluding carboxylic acids is 1. The zero-order valence-electron chi connectivity index (χ0n) is 14.9. The topological polar surface area (TPSA) is 65.4 Å². The van der Waals surface area contributed by atoms with Gasteiger partial charge in [0, 0.05) is 38.1 Å². The number of ether oxygens (including phenoxy) is 2. The van der Waals surface area contributed by atoms with Crippen molar-refractivity contribution in [1.29, 1.82) is 0 Å². The Balaban J connectivity index is 1.39. The summed E-state index contributed by atoms with van der Waals surface area (Å²) in [6, 6.07) is 9.25. The molecule has 0 spiro atoms. The molecule has 0 unspecified atom stereocenters. The van der Waals surface area contributed by atoms with E-state index in [1.54, 1.807) is 0 Å². The van der Waals surface area contributed by atoms with E-state index in [0.29, 0.717) is 24.6 Å². The number of fused-ring (bicyclic) bond motifs is 1. The Labute approximate surface area is 153 Å². The van der Waals surface area contributed by atoms with Crippen LogP contribution in [0.2, 0.25) is 0 Å². The van der Waals surface area contributed by atoms with Crippen LogP contribution in [-0.2, 0) is 22.4 Å². The molecule has 1 fully saturated rings. The van der Waals surface area contributed by atoms with Gasteiger partial charge in [0.15, 0.2) is 0 Å². The molecule has 6 nitrogen and oxygen atoms in total. The van der Waals surface area contributed by atoms with Gasteiger partial charge in [-0.15, -0.1) is 0 Å². The minimum atomic E-state index is -0.178. The molecule has 1 aromatic heterocycles. The largest absolute Gasteiger partial charge is 0.381 e. The summed E-state index contributed by atoms with van der Waals surface area (Å²) in [4.78, 5) is 12.3. The second kappa shape index (κ2) is 8.01. The van der Waals surface area contributed by atoms with Crippen molar-refractivity contribution in [3.8, 4) is 0 Å². The van der Waals surface area contributed by atoms with Gasteiger partial charge in [0.1, 0.15) is 6.10 Å². The summed E-state index contributed by atoms with van der Waals surface area (Å²) in [5.74, 6) is 0.546. The molecule has 0 radical (unpaired) electrons. The molecular formula is C20H25N3O3. The third-order valence-electron chi connectivity index (χ3n) is 5.14. The lowest BCUT2D eigenvalue weighted by molar-refractivity contribution is 0.0379. The molecule has 1 saturated heterocycles. The van der Waals surface area contributed by atoms with Crippen molar-refractivity contribution in [1.82, 2.24) is 15.1 Å². The zero-order chi connectivity index (χ0) is 17.8. The summed E-state index contributed by atoms with van der Waals surface area (Å²) in [5, 5.41) is 7.75. The van der Waals surface area contributed by atoms with Crippen molar-refractivity contribution in [3.63, 3.8) is 0 Å². The molecule has 0 saturated carbocycles. The third-order valence-corrected chi connectivity index (χ3v) is 5.14. The predicted octanol–water partition coefficient (Wildman–Crippen LogP) is 2.35. The SMILES string of the molecule is O=C(NC[C@H]1OCCc2cn(CC3CCOCC3)nc21)c1ccccc1. The first-order valence-corrected chi connectivity index (χ1v) is 9.38. The fourth-order valence-corrected chi connectivity index (χ4v) is 3.65.